The maximum Gasteiger partial charge on any atom is 0.00958 e. The maximum atomic E-state index is 3.63. The highest BCUT2D eigenvalue weighted by Gasteiger charge is 2.24. The highest BCUT2D eigenvalue weighted by Crippen LogP contribution is 2.33. The SMILES string of the molecule is CCC(CBr)(CBr)CCCC(C)C. The van der Waals surface area contributed by atoms with E-state index in [1.165, 1.54) is 25.7 Å². The largest absolute Gasteiger partial charge is 0.0922 e. The standard InChI is InChI=1S/C11H22Br2/c1-4-11(8-12,9-13)7-5-6-10(2)3/h10H,4-9H2,1-3H3. The quantitative estimate of drug-likeness (QED) is 0.580. The van der Waals surface area contributed by atoms with E-state index in [0.29, 0.717) is 5.41 Å². The fraction of sp³-hybridized carbons (Fsp3) is 1.00. The third-order valence-corrected chi connectivity index (χ3v) is 5.18. The summed E-state index contributed by atoms with van der Waals surface area (Å²) >= 11 is 7.26. The zero-order valence-electron chi connectivity index (χ0n) is 9.08. The summed E-state index contributed by atoms with van der Waals surface area (Å²) in [6, 6.07) is 0. The smallest absolute Gasteiger partial charge is 0.00958 e. The molecule has 0 aliphatic carbocycles. The molecular weight excluding hydrogens is 292 g/mol. The molecule has 0 unspecified atom stereocenters. The molecular formula is C11H22Br2. The molecule has 0 aliphatic rings. The van der Waals surface area contributed by atoms with Crippen molar-refractivity contribution in [3.05, 3.63) is 0 Å². The van der Waals surface area contributed by atoms with Crippen molar-refractivity contribution in [3.63, 3.8) is 0 Å². The first-order valence-electron chi connectivity index (χ1n) is 5.22. The first-order valence-corrected chi connectivity index (χ1v) is 7.46. The molecule has 0 radical (unpaired) electrons. The molecule has 0 amide bonds. The molecule has 13 heavy (non-hydrogen) atoms. The molecule has 2 heteroatoms. The van der Waals surface area contributed by atoms with E-state index in [9.17, 15) is 0 Å². The Hall–Kier alpha value is 0.960. The molecule has 0 saturated heterocycles. The normalized spacial score (nSPS) is 12.5. The molecule has 0 rings (SSSR count). The van der Waals surface area contributed by atoms with Gasteiger partial charge >= 0.3 is 0 Å². The summed E-state index contributed by atoms with van der Waals surface area (Å²) in [6.07, 6.45) is 5.34. The number of hydrogen-bond donors (Lipinski definition) is 0. The number of rotatable bonds is 7. The lowest BCUT2D eigenvalue weighted by Crippen LogP contribution is -2.23. The molecule has 0 aliphatic heterocycles. The van der Waals surface area contributed by atoms with Crippen LogP contribution in [0.3, 0.4) is 0 Å². The Balaban J connectivity index is 3.81. The van der Waals surface area contributed by atoms with E-state index in [2.05, 4.69) is 52.6 Å². The topological polar surface area (TPSA) is 0 Å². The van der Waals surface area contributed by atoms with Crippen molar-refractivity contribution >= 4 is 31.9 Å². The second-order valence-corrected chi connectivity index (χ2v) is 5.53. The average Bonchev–Trinajstić information content (AvgIpc) is 2.13. The van der Waals surface area contributed by atoms with Gasteiger partial charge in [-0.3, -0.25) is 0 Å². The van der Waals surface area contributed by atoms with Crippen molar-refractivity contribution in [2.45, 2.75) is 46.5 Å². The van der Waals surface area contributed by atoms with E-state index in [1.54, 1.807) is 0 Å². The summed E-state index contributed by atoms with van der Waals surface area (Å²) < 4.78 is 0. The average molecular weight is 314 g/mol. The van der Waals surface area contributed by atoms with Crippen LogP contribution in [-0.2, 0) is 0 Å². The van der Waals surface area contributed by atoms with Gasteiger partial charge in [-0.05, 0) is 24.2 Å². The van der Waals surface area contributed by atoms with E-state index in [0.717, 1.165) is 16.6 Å². The first kappa shape index (κ1) is 14.0. The summed E-state index contributed by atoms with van der Waals surface area (Å²) in [4.78, 5) is 0. The Morgan fingerprint density at radius 3 is 2.00 bits per heavy atom. The second kappa shape index (κ2) is 7.28. The first-order chi connectivity index (χ1) is 6.10. The van der Waals surface area contributed by atoms with Crippen LogP contribution in [0.2, 0.25) is 0 Å². The number of halogens is 2. The Morgan fingerprint density at radius 2 is 1.69 bits per heavy atom. The predicted octanol–water partition coefficient (Wildman–Crippen LogP) is 5.00. The van der Waals surface area contributed by atoms with Gasteiger partial charge in [0.25, 0.3) is 0 Å². The van der Waals surface area contributed by atoms with Gasteiger partial charge in [0.1, 0.15) is 0 Å². The molecule has 0 aromatic carbocycles. The van der Waals surface area contributed by atoms with Crippen molar-refractivity contribution in [2.24, 2.45) is 11.3 Å². The zero-order valence-corrected chi connectivity index (χ0v) is 12.2. The molecule has 0 atom stereocenters. The Bertz CT molecular complexity index is 109. The van der Waals surface area contributed by atoms with Crippen LogP contribution in [0, 0.1) is 11.3 Å². The lowest BCUT2D eigenvalue weighted by Gasteiger charge is -2.28. The van der Waals surface area contributed by atoms with Gasteiger partial charge in [-0.1, -0.05) is 65.5 Å². The monoisotopic (exact) mass is 312 g/mol. The summed E-state index contributed by atoms with van der Waals surface area (Å²) in [7, 11) is 0. The van der Waals surface area contributed by atoms with Crippen molar-refractivity contribution in [1.29, 1.82) is 0 Å². The van der Waals surface area contributed by atoms with Crippen LogP contribution in [0.1, 0.15) is 46.5 Å². The van der Waals surface area contributed by atoms with Crippen LogP contribution in [-0.4, -0.2) is 10.7 Å². The lowest BCUT2D eigenvalue weighted by atomic mass is 9.83. The summed E-state index contributed by atoms with van der Waals surface area (Å²) in [5, 5.41) is 2.25. The number of hydrogen-bond acceptors (Lipinski definition) is 0. The van der Waals surface area contributed by atoms with Gasteiger partial charge in [0.2, 0.25) is 0 Å². The van der Waals surface area contributed by atoms with Crippen LogP contribution < -0.4 is 0 Å². The molecule has 80 valence electrons. The maximum absolute atomic E-state index is 3.63. The summed E-state index contributed by atoms with van der Waals surface area (Å²) in [6.45, 7) is 6.89. The van der Waals surface area contributed by atoms with Crippen molar-refractivity contribution in [2.75, 3.05) is 10.7 Å². The van der Waals surface area contributed by atoms with E-state index in [4.69, 9.17) is 0 Å². The van der Waals surface area contributed by atoms with Crippen LogP contribution in [0.25, 0.3) is 0 Å². The van der Waals surface area contributed by atoms with Crippen molar-refractivity contribution < 1.29 is 0 Å². The summed E-state index contributed by atoms with van der Waals surface area (Å²) in [5.74, 6) is 0.847. The van der Waals surface area contributed by atoms with E-state index < -0.39 is 0 Å². The van der Waals surface area contributed by atoms with Crippen LogP contribution >= 0.6 is 31.9 Å². The predicted molar refractivity (Wildman–Crippen MR) is 69.0 cm³/mol. The third-order valence-electron chi connectivity index (χ3n) is 2.81. The van der Waals surface area contributed by atoms with Gasteiger partial charge in [-0.15, -0.1) is 0 Å². The summed E-state index contributed by atoms with van der Waals surface area (Å²) in [5.41, 5.74) is 0.495. The Kier molecular flexibility index (Phi) is 7.82. The molecule has 0 saturated carbocycles. The van der Waals surface area contributed by atoms with Crippen molar-refractivity contribution in [3.8, 4) is 0 Å². The molecule has 0 bridgehead atoms. The highest BCUT2D eigenvalue weighted by molar-refractivity contribution is 9.09. The highest BCUT2D eigenvalue weighted by atomic mass is 79.9. The van der Waals surface area contributed by atoms with Gasteiger partial charge in [0.05, 0.1) is 0 Å². The molecule has 0 aromatic heterocycles. The molecule has 0 nitrogen and oxygen atoms in total. The Morgan fingerprint density at radius 1 is 1.15 bits per heavy atom. The fourth-order valence-corrected chi connectivity index (χ4v) is 3.70. The van der Waals surface area contributed by atoms with Gasteiger partial charge in [0, 0.05) is 10.7 Å². The van der Waals surface area contributed by atoms with Gasteiger partial charge in [-0.2, -0.15) is 0 Å². The lowest BCUT2D eigenvalue weighted by molar-refractivity contribution is 0.321. The minimum Gasteiger partial charge on any atom is -0.0922 e. The molecule has 0 heterocycles. The van der Waals surface area contributed by atoms with Gasteiger partial charge < -0.3 is 0 Å². The van der Waals surface area contributed by atoms with Gasteiger partial charge in [0.15, 0.2) is 0 Å². The molecule has 0 fully saturated rings. The fourth-order valence-electron chi connectivity index (χ4n) is 1.42. The molecule has 0 N–H and O–H groups in total. The van der Waals surface area contributed by atoms with Crippen molar-refractivity contribution in [1.82, 2.24) is 0 Å². The number of alkyl halides is 2. The minimum atomic E-state index is 0.495. The zero-order chi connectivity index (χ0) is 10.3. The third kappa shape index (κ3) is 5.41. The Labute approximate surface area is 100 Å². The van der Waals surface area contributed by atoms with Gasteiger partial charge in [-0.25, -0.2) is 0 Å². The van der Waals surface area contributed by atoms with Crippen LogP contribution in [0.4, 0.5) is 0 Å². The van der Waals surface area contributed by atoms with E-state index in [1.807, 2.05) is 0 Å². The molecule has 0 spiro atoms. The molecule has 0 aromatic rings. The minimum absolute atomic E-state index is 0.495. The van der Waals surface area contributed by atoms with Crippen LogP contribution in [0.5, 0.6) is 0 Å². The van der Waals surface area contributed by atoms with Crippen LogP contribution in [0.15, 0.2) is 0 Å². The second-order valence-electron chi connectivity index (χ2n) is 4.41. The van der Waals surface area contributed by atoms with E-state index in [-0.39, 0.29) is 0 Å². The van der Waals surface area contributed by atoms with E-state index >= 15 is 0 Å².